The summed E-state index contributed by atoms with van der Waals surface area (Å²) in [6.07, 6.45) is 4.75. The van der Waals surface area contributed by atoms with Crippen molar-refractivity contribution in [1.29, 1.82) is 0 Å². The molecule has 1 aliphatic rings. The summed E-state index contributed by atoms with van der Waals surface area (Å²) in [6, 6.07) is 1.68. The van der Waals surface area contributed by atoms with E-state index in [4.69, 9.17) is 5.73 Å². The van der Waals surface area contributed by atoms with E-state index in [1.807, 2.05) is 11.8 Å². The van der Waals surface area contributed by atoms with Crippen molar-refractivity contribution in [1.82, 2.24) is 9.88 Å². The van der Waals surface area contributed by atoms with Gasteiger partial charge in [0.15, 0.2) is 0 Å². The van der Waals surface area contributed by atoms with Crippen molar-refractivity contribution < 1.29 is 4.79 Å². The van der Waals surface area contributed by atoms with Crippen LogP contribution < -0.4 is 5.73 Å². The smallest absolute Gasteiger partial charge is 0.270 e. The van der Waals surface area contributed by atoms with Crippen LogP contribution in [0.4, 0.5) is 5.69 Å². The molecular formula is C11H15N3O. The minimum absolute atomic E-state index is 0.0270. The average molecular weight is 205 g/mol. The summed E-state index contributed by atoms with van der Waals surface area (Å²) in [4.78, 5) is 16.7. The summed E-state index contributed by atoms with van der Waals surface area (Å²) in [6.45, 7) is 3.55. The van der Waals surface area contributed by atoms with Crippen LogP contribution in [0.2, 0.25) is 0 Å². The lowest BCUT2D eigenvalue weighted by atomic mass is 10.1. The molecule has 1 amide bonds. The first-order chi connectivity index (χ1) is 7.16. The van der Waals surface area contributed by atoms with E-state index >= 15 is 0 Å². The summed E-state index contributed by atoms with van der Waals surface area (Å²) in [5, 5.41) is 0. The Labute approximate surface area is 88.8 Å². The van der Waals surface area contributed by atoms with Crippen LogP contribution in [0.1, 0.15) is 23.8 Å². The van der Waals surface area contributed by atoms with Crippen molar-refractivity contribution in [3.8, 4) is 0 Å². The highest BCUT2D eigenvalue weighted by atomic mass is 16.2. The van der Waals surface area contributed by atoms with Gasteiger partial charge in [-0.15, -0.1) is 0 Å². The van der Waals surface area contributed by atoms with Crippen molar-refractivity contribution in [2.45, 2.75) is 13.3 Å². The van der Waals surface area contributed by atoms with Gasteiger partial charge in [0.2, 0.25) is 0 Å². The maximum absolute atomic E-state index is 12.0. The Bertz CT molecular complexity index is 406. The molecule has 3 N–H and O–H groups in total. The number of amides is 1. The molecule has 2 heterocycles. The van der Waals surface area contributed by atoms with Crippen LogP contribution in [0, 0.1) is 0 Å². The summed E-state index contributed by atoms with van der Waals surface area (Å²) >= 11 is 0. The topological polar surface area (TPSA) is 62.1 Å². The van der Waals surface area contributed by atoms with E-state index in [0.29, 0.717) is 11.4 Å². The van der Waals surface area contributed by atoms with E-state index in [0.717, 1.165) is 19.5 Å². The lowest BCUT2D eigenvalue weighted by Gasteiger charge is -2.25. The van der Waals surface area contributed by atoms with Crippen LogP contribution in [-0.4, -0.2) is 28.9 Å². The fourth-order valence-electron chi connectivity index (χ4n) is 1.79. The zero-order valence-electron chi connectivity index (χ0n) is 8.79. The number of carbonyl (C=O) groups is 1. The monoisotopic (exact) mass is 205 g/mol. The molecule has 1 aliphatic heterocycles. The van der Waals surface area contributed by atoms with Gasteiger partial charge in [-0.1, -0.05) is 11.6 Å². The Morgan fingerprint density at radius 3 is 3.00 bits per heavy atom. The van der Waals surface area contributed by atoms with Crippen molar-refractivity contribution in [2.24, 2.45) is 0 Å². The Kier molecular flexibility index (Phi) is 2.49. The molecule has 15 heavy (non-hydrogen) atoms. The Morgan fingerprint density at radius 1 is 1.60 bits per heavy atom. The highest BCUT2D eigenvalue weighted by Gasteiger charge is 2.18. The maximum Gasteiger partial charge on any atom is 0.270 e. The minimum Gasteiger partial charge on any atom is -0.397 e. The molecule has 0 spiro atoms. The normalized spacial score (nSPS) is 16.3. The fourth-order valence-corrected chi connectivity index (χ4v) is 1.79. The summed E-state index contributed by atoms with van der Waals surface area (Å²) in [7, 11) is 0. The van der Waals surface area contributed by atoms with E-state index in [-0.39, 0.29) is 5.91 Å². The molecule has 0 atom stereocenters. The quantitative estimate of drug-likeness (QED) is 0.680. The van der Waals surface area contributed by atoms with Crippen molar-refractivity contribution in [2.75, 3.05) is 18.8 Å². The molecule has 0 aliphatic carbocycles. The van der Waals surface area contributed by atoms with Crippen LogP contribution >= 0.6 is 0 Å². The highest BCUT2D eigenvalue weighted by Crippen LogP contribution is 2.13. The van der Waals surface area contributed by atoms with Crippen LogP contribution in [0.25, 0.3) is 0 Å². The number of aromatic nitrogens is 1. The number of anilines is 1. The van der Waals surface area contributed by atoms with Gasteiger partial charge in [-0.3, -0.25) is 4.79 Å². The molecule has 0 fully saturated rings. The van der Waals surface area contributed by atoms with Gasteiger partial charge in [0.1, 0.15) is 5.69 Å². The van der Waals surface area contributed by atoms with Crippen molar-refractivity contribution >= 4 is 11.6 Å². The lowest BCUT2D eigenvalue weighted by molar-refractivity contribution is 0.0761. The van der Waals surface area contributed by atoms with Gasteiger partial charge in [0.05, 0.1) is 0 Å². The molecule has 80 valence electrons. The fraction of sp³-hybridized carbons (Fsp3) is 0.364. The molecule has 0 saturated carbocycles. The first-order valence-electron chi connectivity index (χ1n) is 5.05. The van der Waals surface area contributed by atoms with E-state index < -0.39 is 0 Å². The van der Waals surface area contributed by atoms with Crippen molar-refractivity contribution in [3.63, 3.8) is 0 Å². The van der Waals surface area contributed by atoms with Crippen LogP contribution in [0.15, 0.2) is 23.9 Å². The van der Waals surface area contributed by atoms with Gasteiger partial charge in [-0.2, -0.15) is 0 Å². The lowest BCUT2D eigenvalue weighted by Crippen LogP contribution is -2.35. The first kappa shape index (κ1) is 9.83. The van der Waals surface area contributed by atoms with Gasteiger partial charge < -0.3 is 15.6 Å². The maximum atomic E-state index is 12.0. The number of nitrogens with zero attached hydrogens (tertiary/aromatic N) is 1. The number of rotatable bonds is 1. The van der Waals surface area contributed by atoms with Crippen LogP contribution in [0.5, 0.6) is 0 Å². The third-order valence-electron chi connectivity index (χ3n) is 2.56. The highest BCUT2D eigenvalue weighted by molar-refractivity contribution is 5.93. The number of nitrogens with one attached hydrogen (secondary N) is 1. The first-order valence-corrected chi connectivity index (χ1v) is 5.05. The standard InChI is InChI=1S/C11H15N3O/c1-8-3-2-4-14(7-8)11(15)10-5-9(12)6-13-10/h3,5-6,13H,2,4,7,12H2,1H3. The van der Waals surface area contributed by atoms with E-state index in [2.05, 4.69) is 11.1 Å². The number of aromatic amines is 1. The molecule has 1 aromatic heterocycles. The van der Waals surface area contributed by atoms with Crippen molar-refractivity contribution in [3.05, 3.63) is 29.6 Å². The predicted octanol–water partition coefficient (Wildman–Crippen LogP) is 1.39. The van der Waals surface area contributed by atoms with Crippen LogP contribution in [-0.2, 0) is 0 Å². The number of H-pyrrole nitrogens is 1. The molecule has 4 heteroatoms. The minimum atomic E-state index is 0.0270. The second-order valence-corrected chi connectivity index (χ2v) is 3.91. The molecule has 0 bridgehead atoms. The third kappa shape index (κ3) is 2.03. The number of nitrogen functional groups attached to an aromatic ring is 1. The zero-order valence-corrected chi connectivity index (χ0v) is 8.79. The zero-order chi connectivity index (χ0) is 10.8. The van der Waals surface area contributed by atoms with E-state index in [9.17, 15) is 4.79 Å². The van der Waals surface area contributed by atoms with Gasteiger partial charge in [0, 0.05) is 25.0 Å². The molecular weight excluding hydrogens is 190 g/mol. The van der Waals surface area contributed by atoms with Gasteiger partial charge in [0.25, 0.3) is 5.91 Å². The average Bonchev–Trinajstić information content (AvgIpc) is 2.64. The third-order valence-corrected chi connectivity index (χ3v) is 2.56. The largest absolute Gasteiger partial charge is 0.397 e. The number of carbonyl (C=O) groups excluding carboxylic acids is 1. The number of nitrogens with two attached hydrogens (primary N) is 1. The Morgan fingerprint density at radius 2 is 2.40 bits per heavy atom. The summed E-state index contributed by atoms with van der Waals surface area (Å²) in [5.41, 5.74) is 7.98. The van der Waals surface area contributed by atoms with Gasteiger partial charge in [-0.05, 0) is 19.4 Å². The second kappa shape index (κ2) is 3.81. The summed E-state index contributed by atoms with van der Waals surface area (Å²) in [5.74, 6) is 0.0270. The molecule has 0 aromatic carbocycles. The van der Waals surface area contributed by atoms with E-state index in [1.165, 1.54) is 5.57 Å². The number of hydrogen-bond donors (Lipinski definition) is 2. The molecule has 0 saturated heterocycles. The molecule has 1 aromatic rings. The second-order valence-electron chi connectivity index (χ2n) is 3.91. The molecule has 4 nitrogen and oxygen atoms in total. The Balaban J connectivity index is 2.12. The van der Waals surface area contributed by atoms with Gasteiger partial charge in [-0.25, -0.2) is 0 Å². The van der Waals surface area contributed by atoms with Gasteiger partial charge >= 0.3 is 0 Å². The van der Waals surface area contributed by atoms with E-state index in [1.54, 1.807) is 12.3 Å². The molecule has 2 rings (SSSR count). The molecule has 0 radical (unpaired) electrons. The summed E-state index contributed by atoms with van der Waals surface area (Å²) < 4.78 is 0. The van der Waals surface area contributed by atoms with Crippen LogP contribution in [0.3, 0.4) is 0 Å². The number of hydrogen-bond acceptors (Lipinski definition) is 2. The SMILES string of the molecule is CC1=CCCN(C(=O)c2cc(N)c[nH]2)C1. The Hall–Kier alpha value is -1.71. The predicted molar refractivity (Wildman–Crippen MR) is 59.5 cm³/mol. The molecule has 0 unspecified atom stereocenters.